The van der Waals surface area contributed by atoms with Crippen LogP contribution in [0.15, 0.2) is 24.8 Å². The van der Waals surface area contributed by atoms with Crippen molar-refractivity contribution >= 4 is 63.1 Å². The van der Waals surface area contributed by atoms with E-state index in [1.807, 2.05) is 39.8 Å². The molecule has 5 heterocycles. The van der Waals surface area contributed by atoms with Crippen molar-refractivity contribution in [2.24, 2.45) is 0 Å². The van der Waals surface area contributed by atoms with Crippen LogP contribution in [0.25, 0.3) is 39.3 Å². The topological polar surface area (TPSA) is 198 Å². The molecule has 2 unspecified atom stereocenters. The number of carbonyl (C=O) groups excluding carboxylic acids is 1. The van der Waals surface area contributed by atoms with Gasteiger partial charge in [0.05, 0.1) is 29.1 Å². The normalized spacial score (nSPS) is 16.4. The molecule has 12 nitrogen and oxygen atoms in total. The van der Waals surface area contributed by atoms with Gasteiger partial charge in [0.2, 0.25) is 5.91 Å². The number of carboxylic acids is 3. The summed E-state index contributed by atoms with van der Waals surface area (Å²) >= 11 is 0. The molecule has 49 heavy (non-hydrogen) atoms. The number of amides is 1. The number of carbonyl (C=O) groups is 4. The van der Waals surface area contributed by atoms with Crippen LogP contribution in [0.1, 0.15) is 103 Å². The molecule has 0 aliphatic carbocycles. The molecule has 0 fully saturated rings. The molecule has 12 heteroatoms. The van der Waals surface area contributed by atoms with E-state index in [1.165, 1.54) is 6.92 Å². The fourth-order valence-corrected chi connectivity index (χ4v) is 6.89. The minimum Gasteiger partial charge on any atom is -0.481 e. The van der Waals surface area contributed by atoms with Crippen LogP contribution in [-0.2, 0) is 32.0 Å². The Balaban J connectivity index is 1.99. The van der Waals surface area contributed by atoms with Gasteiger partial charge in [0.1, 0.15) is 6.04 Å². The number of allylic oxidation sites excluding steroid dienone is 1. The molecule has 6 N–H and O–H groups in total. The molecule has 0 aromatic carbocycles. The minimum atomic E-state index is -1.25. The molecule has 5 rings (SSSR count). The summed E-state index contributed by atoms with van der Waals surface area (Å²) in [6, 6.07) is 4.51. The SMILES string of the molecule is C=Cc1c(C)c2cc3nc(c(CC(=O)N[C@@H](C)C(=O)O)c4nc(cc5[nH]c(cc1[nH]2)c(C)c5CC)C(C)=C4C(=O)O)C(CCC(=O)O)C3C. The predicted octanol–water partition coefficient (Wildman–Crippen LogP) is 6.04. The molecule has 3 atom stereocenters. The van der Waals surface area contributed by atoms with Gasteiger partial charge in [-0.1, -0.05) is 26.5 Å². The monoisotopic (exact) mass is 667 g/mol. The number of H-pyrrole nitrogens is 2. The van der Waals surface area contributed by atoms with Gasteiger partial charge < -0.3 is 30.6 Å². The molecule has 3 aromatic rings. The summed E-state index contributed by atoms with van der Waals surface area (Å²) < 4.78 is 0. The maximum Gasteiger partial charge on any atom is 0.338 e. The molecule has 1 amide bonds. The summed E-state index contributed by atoms with van der Waals surface area (Å²) in [4.78, 5) is 66.6. The standard InChI is InChI=1S/C37H41N5O7/c1-8-21-16(3)25-13-27-18(5)23(10-11-32(44)45)34(41-27)24(12-31(43)38-20(7)36(46)47)35-33(37(48)49)19(6)28(42-35)15-30-22(9-2)17(4)26(40-30)14-29(21)39-25/h8,13-15,18,20,23,39-40H,1,9-12H2,2-7H3,(H,38,43)(H,44,45)(H,46,47)(H,48,49)/t18?,20-,23?/m0/s1. The van der Waals surface area contributed by atoms with Crippen molar-refractivity contribution in [1.82, 2.24) is 25.3 Å². The smallest absolute Gasteiger partial charge is 0.338 e. The van der Waals surface area contributed by atoms with Crippen molar-refractivity contribution in [1.29, 1.82) is 0 Å². The maximum atomic E-state index is 13.4. The summed E-state index contributed by atoms with van der Waals surface area (Å²) in [5.41, 5.74) is 8.97. The quantitative estimate of drug-likeness (QED) is 0.149. The van der Waals surface area contributed by atoms with Gasteiger partial charge in [-0.3, -0.25) is 19.4 Å². The average molecular weight is 668 g/mol. The van der Waals surface area contributed by atoms with Gasteiger partial charge in [0.15, 0.2) is 0 Å². The zero-order chi connectivity index (χ0) is 35.9. The number of nitrogens with zero attached hydrogens (tertiary/aromatic N) is 2. The summed E-state index contributed by atoms with van der Waals surface area (Å²) in [5, 5.41) is 32.1. The first-order valence-electron chi connectivity index (χ1n) is 16.2. The number of hydrogen-bond donors (Lipinski definition) is 6. The lowest BCUT2D eigenvalue weighted by Gasteiger charge is -2.18. The Morgan fingerprint density at radius 3 is 2.24 bits per heavy atom. The van der Waals surface area contributed by atoms with Crippen LogP contribution in [0, 0.1) is 13.8 Å². The van der Waals surface area contributed by atoms with Crippen LogP contribution >= 0.6 is 0 Å². The number of hydrogen-bond acceptors (Lipinski definition) is 6. The summed E-state index contributed by atoms with van der Waals surface area (Å²) in [7, 11) is 0. The van der Waals surface area contributed by atoms with Gasteiger partial charge >= 0.3 is 17.9 Å². The Morgan fingerprint density at radius 2 is 1.63 bits per heavy atom. The first kappa shape index (κ1) is 34.8. The molecular weight excluding hydrogens is 626 g/mol. The summed E-state index contributed by atoms with van der Waals surface area (Å²) in [5.74, 6) is -4.99. The molecule has 2 aliphatic rings. The van der Waals surface area contributed by atoms with Crippen molar-refractivity contribution in [2.45, 2.75) is 85.1 Å². The number of aliphatic carboxylic acids is 3. The largest absolute Gasteiger partial charge is 0.481 e. The Morgan fingerprint density at radius 1 is 0.959 bits per heavy atom. The Labute approximate surface area is 283 Å². The van der Waals surface area contributed by atoms with Crippen LogP contribution in [0.3, 0.4) is 0 Å². The molecule has 0 saturated heterocycles. The number of carboxylic acid groups (broad SMARTS) is 3. The lowest BCUT2D eigenvalue weighted by molar-refractivity contribution is -0.141. The highest BCUT2D eigenvalue weighted by Crippen LogP contribution is 2.43. The first-order valence-corrected chi connectivity index (χ1v) is 16.2. The summed E-state index contributed by atoms with van der Waals surface area (Å²) in [6.45, 7) is 15.0. The van der Waals surface area contributed by atoms with Crippen LogP contribution in [0.4, 0.5) is 0 Å². The van der Waals surface area contributed by atoms with E-state index in [2.05, 4.69) is 21.9 Å². The minimum absolute atomic E-state index is 0.0365. The lowest BCUT2D eigenvalue weighted by Crippen LogP contribution is -2.39. The van der Waals surface area contributed by atoms with E-state index in [4.69, 9.17) is 9.97 Å². The second kappa shape index (κ2) is 13.5. The van der Waals surface area contributed by atoms with Gasteiger partial charge in [-0.25, -0.2) is 9.78 Å². The van der Waals surface area contributed by atoms with E-state index in [0.717, 1.165) is 44.3 Å². The molecule has 0 saturated carbocycles. The fraction of sp³-hybridized carbons (Fsp3) is 0.351. The van der Waals surface area contributed by atoms with E-state index in [0.29, 0.717) is 29.1 Å². The Bertz CT molecular complexity index is 2120. The van der Waals surface area contributed by atoms with Crippen LogP contribution in [0.5, 0.6) is 0 Å². The molecule has 0 radical (unpaired) electrons. The zero-order valence-corrected chi connectivity index (χ0v) is 28.4. The van der Waals surface area contributed by atoms with Crippen molar-refractivity contribution in [3.8, 4) is 0 Å². The molecular formula is C37H41N5O7. The molecule has 256 valence electrons. The van der Waals surface area contributed by atoms with Crippen molar-refractivity contribution in [3.05, 3.63) is 75.4 Å². The van der Waals surface area contributed by atoms with Crippen LogP contribution in [-0.4, -0.2) is 65.1 Å². The second-order valence-electron chi connectivity index (χ2n) is 12.7. The van der Waals surface area contributed by atoms with E-state index < -0.39 is 42.2 Å². The van der Waals surface area contributed by atoms with E-state index in [-0.39, 0.29) is 35.6 Å². The van der Waals surface area contributed by atoms with Crippen molar-refractivity contribution in [3.63, 3.8) is 0 Å². The highest BCUT2D eigenvalue weighted by atomic mass is 16.4. The zero-order valence-electron chi connectivity index (χ0n) is 28.4. The predicted molar refractivity (Wildman–Crippen MR) is 187 cm³/mol. The second-order valence-corrected chi connectivity index (χ2v) is 12.7. The van der Waals surface area contributed by atoms with Crippen LogP contribution in [0.2, 0.25) is 0 Å². The molecule has 8 bridgehead atoms. The highest BCUT2D eigenvalue weighted by molar-refractivity contribution is 6.24. The lowest BCUT2D eigenvalue weighted by atomic mass is 9.84. The number of nitrogens with one attached hydrogen (secondary N) is 3. The number of rotatable bonds is 10. The van der Waals surface area contributed by atoms with Crippen LogP contribution < -0.4 is 5.32 Å². The summed E-state index contributed by atoms with van der Waals surface area (Å²) in [6.07, 6.45) is 2.02. The number of aromatic amines is 2. The van der Waals surface area contributed by atoms with Crippen molar-refractivity contribution < 1.29 is 34.5 Å². The molecule has 0 spiro atoms. The van der Waals surface area contributed by atoms with Gasteiger partial charge in [0, 0.05) is 57.1 Å². The maximum absolute atomic E-state index is 13.4. The van der Waals surface area contributed by atoms with Gasteiger partial charge in [0.25, 0.3) is 0 Å². The number of aromatic nitrogens is 4. The molecule has 2 aliphatic heterocycles. The van der Waals surface area contributed by atoms with E-state index in [1.54, 1.807) is 19.1 Å². The van der Waals surface area contributed by atoms with E-state index >= 15 is 0 Å². The third-order valence-corrected chi connectivity index (χ3v) is 9.70. The van der Waals surface area contributed by atoms with Gasteiger partial charge in [-0.15, -0.1) is 0 Å². The number of aryl methyl sites for hydroxylation is 3. The molecule has 3 aromatic heterocycles. The van der Waals surface area contributed by atoms with E-state index in [9.17, 15) is 34.5 Å². The third-order valence-electron chi connectivity index (χ3n) is 9.70. The third kappa shape index (κ3) is 6.50. The number of fused-ring (bicyclic) bond motifs is 8. The van der Waals surface area contributed by atoms with Gasteiger partial charge in [-0.05, 0) is 81.0 Å². The average Bonchev–Trinajstić information content (AvgIpc) is 3.71. The Hall–Kier alpha value is -5.52. The van der Waals surface area contributed by atoms with Gasteiger partial charge in [-0.2, -0.15) is 0 Å². The fourth-order valence-electron chi connectivity index (χ4n) is 6.89. The Kier molecular flexibility index (Phi) is 9.62. The van der Waals surface area contributed by atoms with Crippen molar-refractivity contribution in [2.75, 3.05) is 0 Å². The highest BCUT2D eigenvalue weighted by Gasteiger charge is 2.35. The first-order chi connectivity index (χ1) is 23.2.